The van der Waals surface area contributed by atoms with E-state index in [2.05, 4.69) is 5.10 Å². The van der Waals surface area contributed by atoms with Crippen LogP contribution in [0.2, 0.25) is 0 Å². The summed E-state index contributed by atoms with van der Waals surface area (Å²) in [5, 5.41) is 16.1. The Morgan fingerprint density at radius 1 is 1.03 bits per heavy atom. The van der Waals surface area contributed by atoms with Crippen molar-refractivity contribution in [2.24, 2.45) is 0 Å². The number of nitro groups is 1. The van der Waals surface area contributed by atoms with E-state index in [1.807, 2.05) is 49.4 Å². The van der Waals surface area contributed by atoms with E-state index >= 15 is 0 Å². The zero-order valence-corrected chi connectivity index (χ0v) is 20.0. The van der Waals surface area contributed by atoms with Crippen molar-refractivity contribution >= 4 is 23.4 Å². The molecule has 0 N–H and O–H groups in total. The first kappa shape index (κ1) is 24.0. The van der Waals surface area contributed by atoms with Crippen LogP contribution >= 0.6 is 11.8 Å². The number of aromatic nitrogens is 2. The molecular formula is C26H23N3O5S. The van der Waals surface area contributed by atoms with E-state index in [4.69, 9.17) is 9.47 Å². The molecule has 0 saturated heterocycles. The summed E-state index contributed by atoms with van der Waals surface area (Å²) in [6.07, 6.45) is 0.0427. The highest BCUT2D eigenvalue weighted by atomic mass is 32.2. The zero-order chi connectivity index (χ0) is 24.8. The SMILES string of the molecule is CCOc1ccc(CC(=O)Oc2c(Sc3ccccc3[N+](=O)[O-])c(C)nn2-c2ccccc2)cc1. The van der Waals surface area contributed by atoms with Gasteiger partial charge in [0.15, 0.2) is 0 Å². The Balaban J connectivity index is 1.67. The van der Waals surface area contributed by atoms with Crippen LogP contribution in [0.3, 0.4) is 0 Å². The van der Waals surface area contributed by atoms with Gasteiger partial charge in [-0.3, -0.25) is 14.9 Å². The fourth-order valence-corrected chi connectivity index (χ4v) is 4.45. The highest BCUT2D eigenvalue weighted by Crippen LogP contribution is 2.42. The van der Waals surface area contributed by atoms with Gasteiger partial charge in [0.05, 0.1) is 39.1 Å². The van der Waals surface area contributed by atoms with E-state index in [-0.39, 0.29) is 18.0 Å². The highest BCUT2D eigenvalue weighted by molar-refractivity contribution is 7.99. The molecule has 178 valence electrons. The Labute approximate surface area is 206 Å². The van der Waals surface area contributed by atoms with E-state index in [1.54, 1.807) is 41.9 Å². The lowest BCUT2D eigenvalue weighted by Gasteiger charge is -2.11. The maximum atomic E-state index is 13.0. The Morgan fingerprint density at radius 3 is 2.40 bits per heavy atom. The number of ether oxygens (including phenoxy) is 2. The summed E-state index contributed by atoms with van der Waals surface area (Å²) < 4.78 is 12.8. The van der Waals surface area contributed by atoms with Crippen LogP contribution in [0.4, 0.5) is 5.69 Å². The fourth-order valence-electron chi connectivity index (χ4n) is 3.43. The highest BCUT2D eigenvalue weighted by Gasteiger charge is 2.24. The summed E-state index contributed by atoms with van der Waals surface area (Å²) in [6.45, 7) is 4.24. The Morgan fingerprint density at radius 2 is 1.71 bits per heavy atom. The van der Waals surface area contributed by atoms with Crippen molar-refractivity contribution in [2.45, 2.75) is 30.1 Å². The summed E-state index contributed by atoms with van der Waals surface area (Å²) in [5.41, 5.74) is 2.03. The fraction of sp³-hybridized carbons (Fsp3) is 0.154. The number of hydrogen-bond donors (Lipinski definition) is 0. The Kier molecular flexibility index (Phi) is 7.47. The average Bonchev–Trinajstić information content (AvgIpc) is 3.16. The molecule has 0 bridgehead atoms. The van der Waals surface area contributed by atoms with Crippen LogP contribution in [0.1, 0.15) is 18.2 Å². The number of esters is 1. The number of rotatable bonds is 9. The molecule has 0 radical (unpaired) electrons. The van der Waals surface area contributed by atoms with E-state index in [0.717, 1.165) is 23.1 Å². The van der Waals surface area contributed by atoms with Gasteiger partial charge in [-0.15, -0.1) is 0 Å². The average molecular weight is 490 g/mol. The maximum Gasteiger partial charge on any atom is 0.317 e. The molecule has 0 amide bonds. The van der Waals surface area contributed by atoms with Crippen LogP contribution in [-0.4, -0.2) is 27.3 Å². The molecule has 35 heavy (non-hydrogen) atoms. The number of carbonyl (C=O) groups is 1. The molecule has 1 aromatic heterocycles. The van der Waals surface area contributed by atoms with Crippen molar-refractivity contribution in [2.75, 3.05) is 6.61 Å². The van der Waals surface area contributed by atoms with Crippen LogP contribution in [0, 0.1) is 17.0 Å². The van der Waals surface area contributed by atoms with Crippen molar-refractivity contribution in [1.29, 1.82) is 0 Å². The predicted molar refractivity (Wildman–Crippen MR) is 132 cm³/mol. The summed E-state index contributed by atoms with van der Waals surface area (Å²) in [4.78, 5) is 25.0. The Hall–Kier alpha value is -4.11. The number of carbonyl (C=O) groups excluding carboxylic acids is 1. The quantitative estimate of drug-likeness (QED) is 0.167. The van der Waals surface area contributed by atoms with Crippen LogP contribution in [0.5, 0.6) is 11.6 Å². The van der Waals surface area contributed by atoms with Crippen molar-refractivity contribution in [1.82, 2.24) is 9.78 Å². The first-order valence-electron chi connectivity index (χ1n) is 10.9. The van der Waals surface area contributed by atoms with Gasteiger partial charge in [-0.05, 0) is 49.7 Å². The van der Waals surface area contributed by atoms with Gasteiger partial charge in [-0.25, -0.2) is 0 Å². The van der Waals surface area contributed by atoms with Gasteiger partial charge in [-0.1, -0.05) is 54.2 Å². The van der Waals surface area contributed by atoms with Gasteiger partial charge in [-0.2, -0.15) is 9.78 Å². The van der Waals surface area contributed by atoms with Gasteiger partial charge in [0.2, 0.25) is 5.88 Å². The van der Waals surface area contributed by atoms with Crippen molar-refractivity contribution in [3.05, 3.63) is 100 Å². The minimum Gasteiger partial charge on any atom is -0.494 e. The molecule has 0 fully saturated rings. The molecule has 3 aromatic carbocycles. The number of para-hydroxylation sites is 2. The zero-order valence-electron chi connectivity index (χ0n) is 19.2. The molecule has 1 heterocycles. The molecule has 0 aliphatic carbocycles. The van der Waals surface area contributed by atoms with Crippen molar-refractivity contribution < 1.29 is 19.2 Å². The van der Waals surface area contributed by atoms with Crippen LogP contribution < -0.4 is 9.47 Å². The van der Waals surface area contributed by atoms with Crippen LogP contribution in [-0.2, 0) is 11.2 Å². The minimum absolute atomic E-state index is 0.0315. The smallest absolute Gasteiger partial charge is 0.317 e. The topological polar surface area (TPSA) is 96.5 Å². The van der Waals surface area contributed by atoms with Crippen molar-refractivity contribution in [3.8, 4) is 17.3 Å². The molecule has 8 nitrogen and oxygen atoms in total. The summed E-state index contributed by atoms with van der Waals surface area (Å²) in [6, 6.07) is 22.9. The molecule has 4 rings (SSSR count). The first-order valence-corrected chi connectivity index (χ1v) is 11.8. The lowest BCUT2D eigenvalue weighted by atomic mass is 10.1. The lowest BCUT2D eigenvalue weighted by Crippen LogP contribution is -2.14. The predicted octanol–water partition coefficient (Wildman–Crippen LogP) is 5.79. The maximum absolute atomic E-state index is 13.0. The van der Waals surface area contributed by atoms with E-state index in [0.29, 0.717) is 27.8 Å². The van der Waals surface area contributed by atoms with Crippen LogP contribution in [0.15, 0.2) is 88.7 Å². The molecule has 4 aromatic rings. The van der Waals surface area contributed by atoms with Gasteiger partial charge >= 0.3 is 5.97 Å². The summed E-state index contributed by atoms with van der Waals surface area (Å²) in [7, 11) is 0. The number of hydrogen-bond acceptors (Lipinski definition) is 7. The molecule has 0 unspecified atom stereocenters. The third kappa shape index (κ3) is 5.70. The third-order valence-electron chi connectivity index (χ3n) is 5.03. The minimum atomic E-state index is -0.476. The van der Waals surface area contributed by atoms with E-state index in [1.165, 1.54) is 6.07 Å². The van der Waals surface area contributed by atoms with Gasteiger partial charge in [0.1, 0.15) is 5.75 Å². The van der Waals surface area contributed by atoms with Gasteiger partial charge in [0.25, 0.3) is 5.69 Å². The summed E-state index contributed by atoms with van der Waals surface area (Å²) >= 11 is 1.15. The number of benzene rings is 3. The number of aryl methyl sites for hydroxylation is 1. The molecule has 9 heteroatoms. The van der Waals surface area contributed by atoms with Gasteiger partial charge < -0.3 is 9.47 Å². The lowest BCUT2D eigenvalue weighted by molar-refractivity contribution is -0.387. The molecular weight excluding hydrogens is 466 g/mol. The molecule has 0 aliphatic heterocycles. The van der Waals surface area contributed by atoms with Crippen molar-refractivity contribution in [3.63, 3.8) is 0 Å². The number of nitro benzene ring substituents is 1. The largest absolute Gasteiger partial charge is 0.494 e. The standard InChI is InChI=1S/C26H23N3O5S/c1-3-33-21-15-13-19(14-16-21)17-24(30)34-26-25(35-23-12-8-7-11-22(23)29(31)32)18(2)27-28(26)20-9-5-4-6-10-20/h4-16H,3,17H2,1-2H3. The number of nitrogens with zero attached hydrogens (tertiary/aromatic N) is 3. The monoisotopic (exact) mass is 489 g/mol. The summed E-state index contributed by atoms with van der Waals surface area (Å²) in [5.74, 6) is 0.467. The Bertz CT molecular complexity index is 1340. The van der Waals surface area contributed by atoms with Gasteiger partial charge in [0, 0.05) is 6.07 Å². The first-order chi connectivity index (χ1) is 17.0. The third-order valence-corrected chi connectivity index (χ3v) is 6.27. The second-order valence-electron chi connectivity index (χ2n) is 7.52. The second-order valence-corrected chi connectivity index (χ2v) is 8.57. The van der Waals surface area contributed by atoms with E-state index in [9.17, 15) is 14.9 Å². The van der Waals surface area contributed by atoms with E-state index < -0.39 is 10.9 Å². The molecule has 0 atom stereocenters. The molecule has 0 spiro atoms. The molecule has 0 aliphatic rings. The second kappa shape index (κ2) is 10.9. The molecule has 0 saturated carbocycles. The normalized spacial score (nSPS) is 10.7. The van der Waals surface area contributed by atoms with Crippen LogP contribution in [0.25, 0.3) is 5.69 Å².